The Morgan fingerprint density at radius 3 is 1.50 bits per heavy atom. The van der Waals surface area contributed by atoms with Crippen LogP contribution in [0.5, 0.6) is 0 Å². The Hall–Kier alpha value is -2.43. The number of unbranched alkanes of at least 4 members (excludes halogenated alkanes) is 13. The van der Waals surface area contributed by atoms with Crippen molar-refractivity contribution in [2.24, 2.45) is 0 Å². The van der Waals surface area contributed by atoms with E-state index in [0.29, 0.717) is 6.42 Å². The molecule has 0 aliphatic rings. The molecule has 3 N–H and O–H groups in total. The Labute approximate surface area is 284 Å². The summed E-state index contributed by atoms with van der Waals surface area (Å²) in [5.41, 5.74) is 0. The van der Waals surface area contributed by atoms with E-state index in [4.69, 9.17) is 0 Å². The van der Waals surface area contributed by atoms with Gasteiger partial charge in [0.1, 0.15) is 0 Å². The third-order valence-corrected chi connectivity index (χ3v) is 7.84. The topological polar surface area (TPSA) is 69.6 Å². The van der Waals surface area contributed by atoms with Crippen LogP contribution in [0, 0.1) is 0 Å². The van der Waals surface area contributed by atoms with Crippen LogP contribution in [0.25, 0.3) is 0 Å². The van der Waals surface area contributed by atoms with Gasteiger partial charge >= 0.3 is 0 Å². The maximum Gasteiger partial charge on any atom is 0.220 e. The molecule has 0 aliphatic carbocycles. The van der Waals surface area contributed by atoms with Gasteiger partial charge in [-0.25, -0.2) is 0 Å². The van der Waals surface area contributed by atoms with Gasteiger partial charge < -0.3 is 15.5 Å². The summed E-state index contributed by atoms with van der Waals surface area (Å²) in [5.74, 6) is -0.0876. The van der Waals surface area contributed by atoms with E-state index in [-0.39, 0.29) is 12.5 Å². The number of carbonyl (C=O) groups is 1. The quantitative estimate of drug-likeness (QED) is 0.0508. The molecule has 0 bridgehead atoms. The summed E-state index contributed by atoms with van der Waals surface area (Å²) >= 11 is 0. The minimum Gasteiger partial charge on any atom is -0.394 e. The molecule has 46 heavy (non-hydrogen) atoms. The lowest BCUT2D eigenvalue weighted by Gasteiger charge is -2.19. The summed E-state index contributed by atoms with van der Waals surface area (Å²) in [6.07, 6.45) is 54.1. The van der Waals surface area contributed by atoms with Crippen molar-refractivity contribution in [2.75, 3.05) is 6.61 Å². The first-order chi connectivity index (χ1) is 22.7. The lowest BCUT2D eigenvalue weighted by molar-refractivity contribution is -0.123. The molecular formula is C42H71NO3. The molecule has 0 rings (SSSR count). The molecule has 0 saturated carbocycles. The maximum atomic E-state index is 12.3. The Morgan fingerprint density at radius 1 is 0.543 bits per heavy atom. The molecule has 0 aromatic carbocycles. The number of allylic oxidation sites excluding steroid dienone is 13. The van der Waals surface area contributed by atoms with Crippen LogP contribution >= 0.6 is 0 Å². The zero-order chi connectivity index (χ0) is 33.6. The number of hydrogen-bond donors (Lipinski definition) is 3. The molecule has 0 saturated heterocycles. The van der Waals surface area contributed by atoms with Gasteiger partial charge in [0, 0.05) is 6.42 Å². The molecular weight excluding hydrogens is 566 g/mol. The number of carbonyl (C=O) groups excluding carboxylic acids is 1. The standard InChI is InChI=1S/C42H71NO3/c1-3-5-7-9-11-12-13-14-15-16-17-18-19-20-21-22-23-24-25-26-27-28-29-30-32-34-36-38-42(46)43-40(39-44)41(45)37-35-33-31-10-8-6-4-2/h5,7-8,10-12,14-15,17-18,20-21,35,37,40-41,44-45H,3-4,6,9,13,16,19,22-34,36,38-39H2,1-2H3,(H,43,46)/b7-5-,10-8+,12-11-,15-14-,18-17-,21-20-,37-35+. The van der Waals surface area contributed by atoms with E-state index in [1.807, 2.05) is 6.08 Å². The predicted octanol–water partition coefficient (Wildman–Crippen LogP) is 11.3. The molecule has 0 fully saturated rings. The van der Waals surface area contributed by atoms with E-state index in [2.05, 4.69) is 92.1 Å². The van der Waals surface area contributed by atoms with Crippen LogP contribution < -0.4 is 5.32 Å². The number of hydrogen-bond acceptors (Lipinski definition) is 3. The van der Waals surface area contributed by atoms with Crippen LogP contribution in [0.15, 0.2) is 85.1 Å². The second-order valence-electron chi connectivity index (χ2n) is 12.2. The molecule has 2 atom stereocenters. The van der Waals surface area contributed by atoms with Gasteiger partial charge in [-0.2, -0.15) is 0 Å². The van der Waals surface area contributed by atoms with Gasteiger partial charge in [-0.05, 0) is 70.6 Å². The van der Waals surface area contributed by atoms with Crippen molar-refractivity contribution in [3.8, 4) is 0 Å². The highest BCUT2D eigenvalue weighted by Gasteiger charge is 2.17. The number of nitrogens with one attached hydrogen (secondary N) is 1. The highest BCUT2D eigenvalue weighted by molar-refractivity contribution is 5.76. The van der Waals surface area contributed by atoms with Crippen LogP contribution in [0.4, 0.5) is 0 Å². The maximum absolute atomic E-state index is 12.3. The average molecular weight is 638 g/mol. The zero-order valence-corrected chi connectivity index (χ0v) is 29.8. The van der Waals surface area contributed by atoms with Gasteiger partial charge in [-0.15, -0.1) is 0 Å². The Bertz CT molecular complexity index is 864. The van der Waals surface area contributed by atoms with Crippen LogP contribution in [-0.4, -0.2) is 34.9 Å². The van der Waals surface area contributed by atoms with Crippen molar-refractivity contribution in [3.63, 3.8) is 0 Å². The highest BCUT2D eigenvalue weighted by Crippen LogP contribution is 2.13. The second kappa shape index (κ2) is 37.0. The van der Waals surface area contributed by atoms with Crippen molar-refractivity contribution in [3.05, 3.63) is 85.1 Å². The first-order valence-electron chi connectivity index (χ1n) is 18.8. The number of amides is 1. The fourth-order valence-electron chi connectivity index (χ4n) is 4.99. The zero-order valence-electron chi connectivity index (χ0n) is 29.8. The van der Waals surface area contributed by atoms with Gasteiger partial charge in [0.25, 0.3) is 0 Å². The van der Waals surface area contributed by atoms with E-state index < -0.39 is 12.1 Å². The Balaban J connectivity index is 3.57. The molecule has 0 radical (unpaired) electrons. The van der Waals surface area contributed by atoms with E-state index in [9.17, 15) is 15.0 Å². The first-order valence-corrected chi connectivity index (χ1v) is 18.8. The fourth-order valence-corrected chi connectivity index (χ4v) is 4.99. The van der Waals surface area contributed by atoms with E-state index >= 15 is 0 Å². The summed E-state index contributed by atoms with van der Waals surface area (Å²) in [7, 11) is 0. The first kappa shape index (κ1) is 43.6. The summed E-state index contributed by atoms with van der Waals surface area (Å²) in [6.45, 7) is 4.05. The molecule has 0 spiro atoms. The smallest absolute Gasteiger partial charge is 0.220 e. The molecule has 0 aromatic heterocycles. The van der Waals surface area contributed by atoms with Crippen LogP contribution in [0.2, 0.25) is 0 Å². The molecule has 0 heterocycles. The van der Waals surface area contributed by atoms with Crippen molar-refractivity contribution in [1.82, 2.24) is 5.32 Å². The second-order valence-corrected chi connectivity index (χ2v) is 12.2. The van der Waals surface area contributed by atoms with Crippen molar-refractivity contribution in [1.29, 1.82) is 0 Å². The highest BCUT2D eigenvalue weighted by atomic mass is 16.3. The monoisotopic (exact) mass is 638 g/mol. The lowest BCUT2D eigenvalue weighted by atomic mass is 10.0. The number of rotatable bonds is 32. The van der Waals surface area contributed by atoms with Gasteiger partial charge in [0.05, 0.1) is 18.8 Å². The third kappa shape index (κ3) is 32.9. The Morgan fingerprint density at radius 2 is 0.978 bits per heavy atom. The van der Waals surface area contributed by atoms with E-state index in [1.165, 1.54) is 64.2 Å². The Kier molecular flexibility index (Phi) is 35.1. The van der Waals surface area contributed by atoms with Crippen LogP contribution in [-0.2, 0) is 4.79 Å². The normalized spacial score (nSPS) is 14.1. The predicted molar refractivity (Wildman–Crippen MR) is 202 cm³/mol. The van der Waals surface area contributed by atoms with Gasteiger partial charge in [0.15, 0.2) is 0 Å². The molecule has 0 aromatic rings. The lowest BCUT2D eigenvalue weighted by Crippen LogP contribution is -2.45. The van der Waals surface area contributed by atoms with Crippen molar-refractivity contribution >= 4 is 5.91 Å². The molecule has 1 amide bonds. The molecule has 4 nitrogen and oxygen atoms in total. The van der Waals surface area contributed by atoms with E-state index in [0.717, 1.165) is 70.6 Å². The van der Waals surface area contributed by atoms with Crippen LogP contribution in [0.1, 0.15) is 155 Å². The summed E-state index contributed by atoms with van der Waals surface area (Å²) in [4.78, 5) is 12.3. The van der Waals surface area contributed by atoms with Gasteiger partial charge in [-0.1, -0.05) is 163 Å². The minimum atomic E-state index is -0.863. The molecule has 262 valence electrons. The number of aliphatic hydroxyl groups excluding tert-OH is 2. The van der Waals surface area contributed by atoms with Crippen molar-refractivity contribution < 1.29 is 15.0 Å². The summed E-state index contributed by atoms with van der Waals surface area (Å²) < 4.78 is 0. The average Bonchev–Trinajstić information content (AvgIpc) is 3.06. The largest absolute Gasteiger partial charge is 0.394 e. The van der Waals surface area contributed by atoms with Crippen molar-refractivity contribution in [2.45, 2.75) is 167 Å². The minimum absolute atomic E-state index is 0.0876. The SMILES string of the molecule is CC/C=C\C/C=C\C/C=C\C/C=C\C/C=C\CCCCCCCCCCCCCC(=O)NC(CO)C(O)/C=C/CC/C=C/CCC. The fraction of sp³-hybridized carbons (Fsp3) is 0.643. The number of aliphatic hydroxyl groups is 2. The molecule has 4 heteroatoms. The summed E-state index contributed by atoms with van der Waals surface area (Å²) in [5, 5.41) is 22.7. The van der Waals surface area contributed by atoms with Crippen LogP contribution in [0.3, 0.4) is 0 Å². The summed E-state index contributed by atoms with van der Waals surface area (Å²) in [6, 6.07) is -0.641. The third-order valence-electron chi connectivity index (χ3n) is 7.84. The van der Waals surface area contributed by atoms with E-state index in [1.54, 1.807) is 6.08 Å². The molecule has 2 unspecified atom stereocenters. The molecule has 0 aliphatic heterocycles. The van der Waals surface area contributed by atoms with Gasteiger partial charge in [0.2, 0.25) is 5.91 Å². The van der Waals surface area contributed by atoms with Gasteiger partial charge in [-0.3, -0.25) is 4.79 Å².